The summed E-state index contributed by atoms with van der Waals surface area (Å²) in [5.74, 6) is -1.02. The van der Waals surface area contributed by atoms with Crippen molar-refractivity contribution in [2.75, 3.05) is 13.2 Å². The first-order chi connectivity index (χ1) is 32.0. The van der Waals surface area contributed by atoms with Crippen LogP contribution in [0.15, 0.2) is 85.1 Å². The van der Waals surface area contributed by atoms with Crippen molar-refractivity contribution < 1.29 is 28.6 Å². The molecule has 0 rings (SSSR count). The molecule has 65 heavy (non-hydrogen) atoms. The molecule has 0 aromatic rings. The van der Waals surface area contributed by atoms with Gasteiger partial charge in [-0.25, -0.2) is 0 Å². The van der Waals surface area contributed by atoms with Crippen LogP contribution in [0.3, 0.4) is 0 Å². The summed E-state index contributed by atoms with van der Waals surface area (Å²) < 4.78 is 16.7. The molecule has 0 N–H and O–H groups in total. The maximum atomic E-state index is 12.8. The molecule has 0 spiro atoms. The molecular formula is C59H100O6. The fraction of sp³-hybridized carbons (Fsp3) is 0.712. The molecule has 0 heterocycles. The van der Waals surface area contributed by atoms with E-state index in [1.807, 2.05) is 54.7 Å². The van der Waals surface area contributed by atoms with Crippen molar-refractivity contribution in [3.63, 3.8) is 0 Å². The van der Waals surface area contributed by atoms with Crippen molar-refractivity contribution in [2.45, 2.75) is 258 Å². The molecule has 0 fully saturated rings. The summed E-state index contributed by atoms with van der Waals surface area (Å²) >= 11 is 0. The summed E-state index contributed by atoms with van der Waals surface area (Å²) in [6, 6.07) is 0. The van der Waals surface area contributed by atoms with Gasteiger partial charge in [-0.2, -0.15) is 0 Å². The van der Waals surface area contributed by atoms with Crippen LogP contribution in [-0.2, 0) is 28.6 Å². The van der Waals surface area contributed by atoms with Crippen LogP contribution in [0.1, 0.15) is 252 Å². The molecule has 0 saturated heterocycles. The first-order valence-corrected chi connectivity index (χ1v) is 27.2. The summed E-state index contributed by atoms with van der Waals surface area (Å²) in [7, 11) is 0. The fourth-order valence-electron chi connectivity index (χ4n) is 7.46. The van der Waals surface area contributed by atoms with Gasteiger partial charge in [-0.15, -0.1) is 0 Å². The third-order valence-electron chi connectivity index (χ3n) is 11.5. The topological polar surface area (TPSA) is 78.9 Å². The molecule has 6 heteroatoms. The number of carbonyl (C=O) groups excluding carboxylic acids is 3. The minimum absolute atomic E-state index is 0.109. The second-order valence-electron chi connectivity index (χ2n) is 17.9. The maximum Gasteiger partial charge on any atom is 0.306 e. The van der Waals surface area contributed by atoms with E-state index in [4.69, 9.17) is 14.2 Å². The molecule has 1 atom stereocenters. The highest BCUT2D eigenvalue weighted by molar-refractivity contribution is 5.71. The first-order valence-electron chi connectivity index (χ1n) is 27.2. The number of esters is 3. The van der Waals surface area contributed by atoms with E-state index in [-0.39, 0.29) is 44.0 Å². The molecule has 6 nitrogen and oxygen atoms in total. The van der Waals surface area contributed by atoms with Gasteiger partial charge in [-0.3, -0.25) is 14.4 Å². The predicted octanol–water partition coefficient (Wildman–Crippen LogP) is 18.0. The molecule has 0 aliphatic carbocycles. The Bertz CT molecular complexity index is 1270. The minimum Gasteiger partial charge on any atom is -0.462 e. The van der Waals surface area contributed by atoms with Crippen molar-refractivity contribution >= 4 is 17.9 Å². The van der Waals surface area contributed by atoms with Gasteiger partial charge < -0.3 is 14.2 Å². The lowest BCUT2D eigenvalue weighted by molar-refractivity contribution is -0.166. The highest BCUT2D eigenvalue weighted by Crippen LogP contribution is 2.16. The maximum absolute atomic E-state index is 12.8. The van der Waals surface area contributed by atoms with Crippen molar-refractivity contribution in [1.82, 2.24) is 0 Å². The van der Waals surface area contributed by atoms with Gasteiger partial charge in [-0.05, 0) is 57.8 Å². The van der Waals surface area contributed by atoms with Crippen LogP contribution in [0.25, 0.3) is 0 Å². The Balaban J connectivity index is 4.45. The molecular weight excluding hydrogens is 805 g/mol. The van der Waals surface area contributed by atoms with E-state index >= 15 is 0 Å². The number of hydrogen-bond acceptors (Lipinski definition) is 6. The quantitative estimate of drug-likeness (QED) is 0.0199. The van der Waals surface area contributed by atoms with Gasteiger partial charge in [0, 0.05) is 19.3 Å². The Morgan fingerprint density at radius 1 is 0.338 bits per heavy atom. The van der Waals surface area contributed by atoms with Crippen LogP contribution in [0.2, 0.25) is 0 Å². The summed E-state index contributed by atoms with van der Waals surface area (Å²) in [6.45, 7) is 6.41. The summed E-state index contributed by atoms with van der Waals surface area (Å²) in [4.78, 5) is 38.0. The molecule has 1 unspecified atom stereocenters. The van der Waals surface area contributed by atoms with Crippen LogP contribution in [0.5, 0.6) is 0 Å². The second kappa shape index (κ2) is 53.2. The molecule has 0 aliphatic rings. The Morgan fingerprint density at radius 3 is 1.17 bits per heavy atom. The molecule has 0 radical (unpaired) electrons. The number of hydrogen-bond donors (Lipinski definition) is 0. The average molecular weight is 905 g/mol. The van der Waals surface area contributed by atoms with E-state index < -0.39 is 6.10 Å². The van der Waals surface area contributed by atoms with Gasteiger partial charge in [0.2, 0.25) is 0 Å². The lowest BCUT2D eigenvalue weighted by Gasteiger charge is -2.18. The van der Waals surface area contributed by atoms with Crippen molar-refractivity contribution in [3.05, 3.63) is 85.1 Å². The second-order valence-corrected chi connectivity index (χ2v) is 17.9. The smallest absolute Gasteiger partial charge is 0.306 e. The molecule has 0 aromatic carbocycles. The van der Waals surface area contributed by atoms with E-state index in [0.717, 1.165) is 57.8 Å². The highest BCUT2D eigenvalue weighted by Gasteiger charge is 2.19. The van der Waals surface area contributed by atoms with E-state index in [1.54, 1.807) is 0 Å². The standard InChI is InChI=1S/C59H100O6/c1-4-7-10-13-16-19-22-25-27-28-29-30-32-34-37-40-43-46-49-52-58(61)64-55-56(54-63-57(60)51-48-45-42-39-36-33-24-21-18-15-12-9-6-3)65-59(62)53-50-47-44-41-38-35-31-26-23-20-17-14-11-8-5-2/h8,11,14,17,20,23,26,31,33,35-36,38,42,45,56H,4-7,9-10,12-13,15-16,18-19,21-22,24-25,27-30,32,34,37,39-41,43-44,46-55H2,1-3H3/b11-8+,17-14+,23-20+,31-26+,36-33+,38-35+,45-42+. The Labute approximate surface area is 401 Å². The molecule has 372 valence electrons. The van der Waals surface area contributed by atoms with Gasteiger partial charge in [0.25, 0.3) is 0 Å². The molecule has 0 saturated carbocycles. The number of unbranched alkanes of at least 4 members (excludes halogenated alkanes) is 27. The molecule has 0 aliphatic heterocycles. The van der Waals surface area contributed by atoms with E-state index in [9.17, 15) is 14.4 Å². The fourth-order valence-corrected chi connectivity index (χ4v) is 7.46. The lowest BCUT2D eigenvalue weighted by atomic mass is 10.0. The minimum atomic E-state index is -0.820. The number of rotatable bonds is 48. The predicted molar refractivity (Wildman–Crippen MR) is 279 cm³/mol. The Morgan fingerprint density at radius 2 is 0.692 bits per heavy atom. The molecule has 0 bridgehead atoms. The number of carbonyl (C=O) groups is 3. The van der Waals surface area contributed by atoms with Gasteiger partial charge >= 0.3 is 17.9 Å². The van der Waals surface area contributed by atoms with Crippen LogP contribution in [0.4, 0.5) is 0 Å². The monoisotopic (exact) mass is 905 g/mol. The van der Waals surface area contributed by atoms with E-state index in [2.05, 4.69) is 51.2 Å². The molecule has 0 aromatic heterocycles. The lowest BCUT2D eigenvalue weighted by Crippen LogP contribution is -2.30. The number of ether oxygens (including phenoxy) is 3. The van der Waals surface area contributed by atoms with Crippen molar-refractivity contribution in [2.24, 2.45) is 0 Å². The largest absolute Gasteiger partial charge is 0.462 e. The zero-order valence-corrected chi connectivity index (χ0v) is 42.5. The zero-order valence-electron chi connectivity index (χ0n) is 42.5. The van der Waals surface area contributed by atoms with Crippen LogP contribution >= 0.6 is 0 Å². The Hall–Kier alpha value is -3.41. The highest BCUT2D eigenvalue weighted by atomic mass is 16.6. The average Bonchev–Trinajstić information content (AvgIpc) is 3.30. The Kier molecular flexibility index (Phi) is 50.4. The first kappa shape index (κ1) is 61.6. The van der Waals surface area contributed by atoms with E-state index in [0.29, 0.717) is 19.3 Å². The van der Waals surface area contributed by atoms with E-state index in [1.165, 1.54) is 141 Å². The number of allylic oxidation sites excluding steroid dienone is 14. The van der Waals surface area contributed by atoms with Crippen LogP contribution in [0, 0.1) is 0 Å². The third kappa shape index (κ3) is 51.4. The van der Waals surface area contributed by atoms with Gasteiger partial charge in [0.05, 0.1) is 0 Å². The van der Waals surface area contributed by atoms with Crippen molar-refractivity contribution in [3.8, 4) is 0 Å². The van der Waals surface area contributed by atoms with Gasteiger partial charge in [0.15, 0.2) is 6.10 Å². The summed E-state index contributed by atoms with van der Waals surface area (Å²) in [5.41, 5.74) is 0. The summed E-state index contributed by atoms with van der Waals surface area (Å²) in [5, 5.41) is 0. The van der Waals surface area contributed by atoms with Crippen LogP contribution in [-0.4, -0.2) is 37.2 Å². The van der Waals surface area contributed by atoms with Crippen molar-refractivity contribution in [1.29, 1.82) is 0 Å². The van der Waals surface area contributed by atoms with Crippen LogP contribution < -0.4 is 0 Å². The third-order valence-corrected chi connectivity index (χ3v) is 11.5. The SMILES string of the molecule is CC/C=C/C=C/C=C/C=C/C=C/CCCCCC(=O)OC(COC(=O)CC/C=C/C/C=C/CCCCCCCC)COC(=O)CCCCCCCCCCCCCCCCCCCCC. The van der Waals surface area contributed by atoms with Gasteiger partial charge in [-0.1, -0.05) is 260 Å². The molecule has 0 amide bonds. The normalized spacial score (nSPS) is 12.7. The summed E-state index contributed by atoms with van der Waals surface area (Å²) in [6.07, 6.45) is 68.7. The van der Waals surface area contributed by atoms with Gasteiger partial charge in [0.1, 0.15) is 13.2 Å². The zero-order chi connectivity index (χ0) is 47.2.